The van der Waals surface area contributed by atoms with Crippen LogP contribution in [0, 0.1) is 22.7 Å². The molecule has 43 heteroatoms. The summed E-state index contributed by atoms with van der Waals surface area (Å²) in [4.78, 5) is 217. The standard InChI is InChI=1S/C69H107N21O22/c1-32(2)51(71)64(108)87-52(33(3)4)65(109)85-43(26-37-14-9-8-10-15-37)61(105)88-53(35(6)92)66(110)79-34(5)55(99)82-44(28-48(70)95)59(103)84-45(29-50(97)98)60(104)86-46(31-91)56(100)78-30-49(96)90-25-13-18-47(90)63(107)81-41(17-12-24-77-69(74)75)57(101)80-40(16-11-23-76-68(72)73)58(102)83-42(27-38-19-21-39(94)22-20-38)62(106)89-54(36(7)93)67(111)112/h8-10,14-15,19-22,32-36,40-47,51-54,91-94H,11-13,16-18,23-31,71H2,1-7H3,(H2,70,95)(H,78,100)(H,79,110)(H,80,101)(H,81,107)(H,82,99)(H,83,102)(H,84,103)(H,85,109)(H,86,104)(H,87,108)(H,88,105)(H,89,106)(H,97,98)(H,111,112)(H4,72,73,76)(H4,74,75,77)/t34-,35+,36+,40-,41-,42-,43-,44-,45-,46-,47-,51-,52-,53-,54-/m0/s1. The lowest BCUT2D eigenvalue weighted by molar-refractivity contribution is -0.145. The number of aliphatic carboxylic acids is 2. The molecule has 1 saturated heterocycles. The van der Waals surface area contributed by atoms with Crippen LogP contribution in [0.5, 0.6) is 5.75 Å². The molecule has 2 aromatic rings. The van der Waals surface area contributed by atoms with Gasteiger partial charge < -0.3 is 133 Å². The highest BCUT2D eigenvalue weighted by atomic mass is 16.4. The minimum Gasteiger partial charge on any atom is -0.508 e. The molecule has 30 N–H and O–H groups in total. The largest absolute Gasteiger partial charge is 0.508 e. The number of rotatable bonds is 47. The third kappa shape index (κ3) is 32.4. The third-order valence-corrected chi connectivity index (χ3v) is 17.4. The Morgan fingerprint density at radius 3 is 1.40 bits per heavy atom. The highest BCUT2D eigenvalue weighted by molar-refractivity contribution is 6.01. The van der Waals surface area contributed by atoms with E-state index in [2.05, 4.69) is 63.8 Å². The number of carbonyl (C=O) groups excluding carboxylic acids is 14. The number of likely N-dealkylation sites (tertiary alicyclic amines) is 1. The number of amides is 14. The molecule has 1 aliphatic heterocycles. The summed E-state index contributed by atoms with van der Waals surface area (Å²) in [6, 6.07) is -7.48. The van der Waals surface area contributed by atoms with E-state index < -0.39 is 229 Å². The number of benzene rings is 2. The van der Waals surface area contributed by atoms with Crippen molar-refractivity contribution in [1.82, 2.24) is 79.3 Å². The quantitative estimate of drug-likeness (QED) is 0.0166. The predicted octanol–water partition coefficient (Wildman–Crippen LogP) is -9.01. The SMILES string of the molecule is CC(C)[C@H](N)C(=O)N[C@H](C(=O)N[C@@H](Cc1ccccc1)C(=O)N[C@H](C(=O)N[C@@H](C)C(=O)N[C@@H](CC(N)=O)C(=O)N[C@@H](CC(=O)O)C(=O)N[C@@H](CO)C(=O)NCC(=O)N1CCC[C@H]1C(=O)N[C@@H](CCCNC(=N)N)C(=O)N[C@@H](CCCNC(=N)N)C(=O)N[C@@H](Cc1ccc(O)cc1)C(=O)N[C@H](C(=O)O)[C@@H](C)O)[C@@H](C)O)C(C)C. The summed E-state index contributed by atoms with van der Waals surface area (Å²) in [5, 5.41) is 109. The molecule has 1 heterocycles. The van der Waals surface area contributed by atoms with E-state index in [0.717, 1.165) is 25.7 Å². The summed E-state index contributed by atoms with van der Waals surface area (Å²) in [7, 11) is 0. The summed E-state index contributed by atoms with van der Waals surface area (Å²) in [5.74, 6) is -20.4. The summed E-state index contributed by atoms with van der Waals surface area (Å²) in [6.45, 7) is 7.70. The van der Waals surface area contributed by atoms with E-state index in [0.29, 0.717) is 11.1 Å². The topological polar surface area (TPSA) is 718 Å². The molecule has 620 valence electrons. The lowest BCUT2D eigenvalue weighted by atomic mass is 9.99. The fourth-order valence-corrected chi connectivity index (χ4v) is 11.1. The number of nitrogens with one attached hydrogen (secondary N) is 16. The van der Waals surface area contributed by atoms with Crippen LogP contribution in [0.25, 0.3) is 0 Å². The Kier molecular flexibility index (Phi) is 39.3. The molecule has 14 amide bonds. The van der Waals surface area contributed by atoms with E-state index in [1.807, 2.05) is 10.6 Å². The Morgan fingerprint density at radius 2 is 0.920 bits per heavy atom. The van der Waals surface area contributed by atoms with Crippen LogP contribution < -0.4 is 97.4 Å². The number of guanidine groups is 2. The van der Waals surface area contributed by atoms with Gasteiger partial charge in [-0.1, -0.05) is 70.2 Å². The van der Waals surface area contributed by atoms with E-state index in [9.17, 15) is 107 Å². The Morgan fingerprint density at radius 1 is 0.482 bits per heavy atom. The van der Waals surface area contributed by atoms with Gasteiger partial charge in [0.05, 0.1) is 44.2 Å². The Labute approximate surface area is 644 Å². The van der Waals surface area contributed by atoms with Gasteiger partial charge in [-0.2, -0.15) is 0 Å². The fourth-order valence-electron chi connectivity index (χ4n) is 11.1. The first-order chi connectivity index (χ1) is 52.5. The van der Waals surface area contributed by atoms with E-state index >= 15 is 0 Å². The smallest absolute Gasteiger partial charge is 0.328 e. The number of hydrogen-bond donors (Lipinski definition) is 26. The number of nitrogens with two attached hydrogens (primary N) is 4. The molecule has 15 atom stereocenters. The zero-order chi connectivity index (χ0) is 84.4. The average molecular weight is 1580 g/mol. The van der Waals surface area contributed by atoms with Crippen molar-refractivity contribution in [3.05, 3.63) is 65.7 Å². The number of phenols is 1. The number of nitrogens with zero attached hydrogens (tertiary/aromatic N) is 1. The molecule has 0 bridgehead atoms. The first kappa shape index (κ1) is 94.3. The molecule has 0 saturated carbocycles. The summed E-state index contributed by atoms with van der Waals surface area (Å²) < 4.78 is 0. The van der Waals surface area contributed by atoms with Crippen LogP contribution >= 0.6 is 0 Å². The molecule has 0 aromatic heterocycles. The van der Waals surface area contributed by atoms with Gasteiger partial charge >= 0.3 is 11.9 Å². The van der Waals surface area contributed by atoms with Crippen LogP contribution in [0.15, 0.2) is 54.6 Å². The lowest BCUT2D eigenvalue weighted by Gasteiger charge is -2.29. The Hall–Kier alpha value is -11.9. The van der Waals surface area contributed by atoms with Crippen LogP contribution in [-0.2, 0) is 89.6 Å². The van der Waals surface area contributed by atoms with Crippen LogP contribution in [0.2, 0.25) is 0 Å². The molecule has 1 aliphatic rings. The maximum atomic E-state index is 14.4. The summed E-state index contributed by atoms with van der Waals surface area (Å²) in [5.41, 5.74) is 23.2. The van der Waals surface area contributed by atoms with Gasteiger partial charge in [-0.3, -0.25) is 82.7 Å². The molecule has 2 aromatic carbocycles. The third-order valence-electron chi connectivity index (χ3n) is 17.4. The molecule has 0 radical (unpaired) electrons. The van der Waals surface area contributed by atoms with Gasteiger partial charge in [-0.05, 0) is 94.4 Å². The molecule has 43 nitrogen and oxygen atoms in total. The van der Waals surface area contributed by atoms with Gasteiger partial charge in [0.15, 0.2) is 18.0 Å². The number of carboxylic acids is 2. The van der Waals surface area contributed by atoms with Crippen molar-refractivity contribution in [2.45, 2.75) is 203 Å². The molecule has 0 aliphatic carbocycles. The predicted molar refractivity (Wildman–Crippen MR) is 397 cm³/mol. The number of carboxylic acid groups (broad SMARTS) is 2. The van der Waals surface area contributed by atoms with Gasteiger partial charge in [-0.15, -0.1) is 0 Å². The Balaban J connectivity index is 1.79. The molecular formula is C69H107N21O22. The van der Waals surface area contributed by atoms with Crippen molar-refractivity contribution in [3.63, 3.8) is 0 Å². The Bertz CT molecular complexity index is 3650. The van der Waals surface area contributed by atoms with Crippen LogP contribution in [0.3, 0.4) is 0 Å². The average Bonchev–Trinajstić information content (AvgIpc) is 1.09. The molecule has 112 heavy (non-hydrogen) atoms. The molecular weight excluding hydrogens is 1470 g/mol. The van der Waals surface area contributed by atoms with Gasteiger partial charge in [-0.25, -0.2) is 4.79 Å². The molecule has 3 rings (SSSR count). The van der Waals surface area contributed by atoms with Crippen molar-refractivity contribution in [2.75, 3.05) is 32.8 Å². The van der Waals surface area contributed by atoms with E-state index in [-0.39, 0.29) is 82.7 Å². The van der Waals surface area contributed by atoms with Crippen LogP contribution in [0.4, 0.5) is 0 Å². The molecule has 0 spiro atoms. The summed E-state index contributed by atoms with van der Waals surface area (Å²) in [6.07, 6.45) is -6.24. The van der Waals surface area contributed by atoms with Crippen molar-refractivity contribution in [2.24, 2.45) is 34.8 Å². The number of carbonyl (C=O) groups is 16. The zero-order valence-electron chi connectivity index (χ0n) is 63.1. The van der Waals surface area contributed by atoms with Gasteiger partial charge in [0.25, 0.3) is 0 Å². The number of primary amides is 1. The number of hydrogen-bond acceptors (Lipinski definition) is 23. The number of aromatic hydroxyl groups is 1. The van der Waals surface area contributed by atoms with Crippen LogP contribution in [0.1, 0.15) is 111 Å². The molecule has 1 fully saturated rings. The first-order valence-electron chi connectivity index (χ1n) is 35.9. The van der Waals surface area contributed by atoms with Gasteiger partial charge in [0.1, 0.15) is 72.2 Å². The maximum absolute atomic E-state index is 14.4. The second-order valence-corrected chi connectivity index (χ2v) is 27.4. The second kappa shape index (κ2) is 46.6. The number of aliphatic hydroxyl groups excluding tert-OH is 3. The van der Waals surface area contributed by atoms with Crippen molar-refractivity contribution < 1.29 is 107 Å². The zero-order valence-corrected chi connectivity index (χ0v) is 63.1. The van der Waals surface area contributed by atoms with Crippen molar-refractivity contribution in [1.29, 1.82) is 10.8 Å². The van der Waals surface area contributed by atoms with E-state index in [1.54, 1.807) is 58.0 Å². The fraction of sp³-hybridized carbons (Fsp3) is 0.565. The summed E-state index contributed by atoms with van der Waals surface area (Å²) >= 11 is 0. The number of aliphatic hydroxyl groups is 3. The minimum atomic E-state index is -2.16. The maximum Gasteiger partial charge on any atom is 0.328 e. The van der Waals surface area contributed by atoms with Crippen molar-refractivity contribution in [3.8, 4) is 5.75 Å². The molecule has 0 unspecified atom stereocenters. The second-order valence-electron chi connectivity index (χ2n) is 27.4. The van der Waals surface area contributed by atoms with E-state index in [4.69, 9.17) is 33.8 Å². The monoisotopic (exact) mass is 1580 g/mol. The highest BCUT2D eigenvalue weighted by Crippen LogP contribution is 2.19. The lowest BCUT2D eigenvalue weighted by Crippen LogP contribution is -2.62. The first-order valence-corrected chi connectivity index (χ1v) is 35.9. The van der Waals surface area contributed by atoms with E-state index in [1.165, 1.54) is 24.3 Å². The number of phenolic OH excluding ortho intramolecular Hbond substituents is 1. The minimum absolute atomic E-state index is 0.0129. The van der Waals surface area contributed by atoms with Gasteiger partial charge in [0.2, 0.25) is 82.7 Å². The van der Waals surface area contributed by atoms with Crippen molar-refractivity contribution >= 4 is 107 Å². The highest BCUT2D eigenvalue weighted by Gasteiger charge is 2.41. The normalized spacial score (nSPS) is 16.2. The van der Waals surface area contributed by atoms with Crippen LogP contribution in [-0.4, -0.2) is 266 Å². The van der Waals surface area contributed by atoms with Gasteiger partial charge in [0, 0.05) is 32.5 Å².